The second-order valence-electron chi connectivity index (χ2n) is 15.4. The number of aromatic nitrogens is 1. The van der Waals surface area contributed by atoms with E-state index < -0.39 is 5.41 Å². The molecule has 0 atom stereocenters. The standard InChI is InChI=1S/C33H50N4O4S/c1-32(2,31(39)37-13-10-33(19-37)8-11-34-12-9-33)20-40-30-28(42-25-6-4-3-5-7-25)27(41-36-30)29(38)35-26-23-15-21-14-22(17-23)18-24(26)16-21/h21-26,34H,3-20H2,1-2H3,(H,35,38). The lowest BCUT2D eigenvalue weighted by Gasteiger charge is -2.54. The first-order valence-corrected chi connectivity index (χ1v) is 17.8. The van der Waals surface area contributed by atoms with Crippen LogP contribution in [0.3, 0.4) is 0 Å². The number of carbonyl (C=O) groups excluding carboxylic acids is 2. The van der Waals surface area contributed by atoms with E-state index >= 15 is 0 Å². The van der Waals surface area contributed by atoms with E-state index in [4.69, 9.17) is 9.26 Å². The van der Waals surface area contributed by atoms with Crippen LogP contribution in [0.4, 0.5) is 0 Å². The van der Waals surface area contributed by atoms with Crippen LogP contribution in [0.5, 0.6) is 5.88 Å². The molecule has 1 aromatic heterocycles. The third kappa shape index (κ3) is 5.73. The summed E-state index contributed by atoms with van der Waals surface area (Å²) in [7, 11) is 0. The van der Waals surface area contributed by atoms with Gasteiger partial charge >= 0.3 is 0 Å². The Labute approximate surface area is 255 Å². The summed E-state index contributed by atoms with van der Waals surface area (Å²) in [5, 5.41) is 11.6. The molecule has 0 aromatic carbocycles. The third-order valence-corrected chi connectivity index (χ3v) is 13.1. The molecule has 7 fully saturated rings. The molecule has 3 heterocycles. The average Bonchev–Trinajstić information content (AvgIpc) is 3.58. The van der Waals surface area contributed by atoms with Crippen molar-refractivity contribution in [2.75, 3.05) is 32.8 Å². The number of likely N-dealkylation sites (tertiary alicyclic amines) is 1. The number of hydrogen-bond acceptors (Lipinski definition) is 7. The van der Waals surface area contributed by atoms with Crippen LogP contribution in [-0.4, -0.2) is 65.9 Å². The van der Waals surface area contributed by atoms with Gasteiger partial charge in [-0.15, -0.1) is 11.8 Å². The molecule has 2 aliphatic heterocycles. The first kappa shape index (κ1) is 29.0. The van der Waals surface area contributed by atoms with E-state index in [1.54, 1.807) is 11.8 Å². The summed E-state index contributed by atoms with van der Waals surface area (Å²) < 4.78 is 12.1. The van der Waals surface area contributed by atoms with Crippen LogP contribution in [0.2, 0.25) is 0 Å². The van der Waals surface area contributed by atoms with Gasteiger partial charge in [-0.25, -0.2) is 0 Å². The van der Waals surface area contributed by atoms with Crippen LogP contribution in [0.1, 0.15) is 108 Å². The van der Waals surface area contributed by atoms with Crippen LogP contribution in [-0.2, 0) is 4.79 Å². The zero-order valence-corrected chi connectivity index (χ0v) is 26.4. The van der Waals surface area contributed by atoms with E-state index in [1.807, 2.05) is 13.8 Å². The van der Waals surface area contributed by atoms with Crippen LogP contribution in [0, 0.1) is 34.5 Å². The minimum absolute atomic E-state index is 0.141. The van der Waals surface area contributed by atoms with Gasteiger partial charge in [-0.05, 0) is 125 Å². The summed E-state index contributed by atoms with van der Waals surface area (Å²) in [6.45, 7) is 7.90. The number of amides is 2. The molecule has 42 heavy (non-hydrogen) atoms. The molecule has 0 unspecified atom stereocenters. The molecular formula is C33H50N4O4S. The minimum Gasteiger partial charge on any atom is -0.474 e. The van der Waals surface area contributed by atoms with Crippen molar-refractivity contribution in [1.82, 2.24) is 20.7 Å². The Morgan fingerprint density at radius 3 is 2.43 bits per heavy atom. The topological polar surface area (TPSA) is 96.7 Å². The number of piperidine rings is 1. The van der Waals surface area contributed by atoms with Crippen LogP contribution >= 0.6 is 11.8 Å². The summed E-state index contributed by atoms with van der Waals surface area (Å²) >= 11 is 1.70. The van der Waals surface area contributed by atoms with Crippen LogP contribution in [0.25, 0.3) is 0 Å². The Hall–Kier alpha value is -1.74. The Kier molecular flexibility index (Phi) is 8.04. The molecule has 5 aliphatic carbocycles. The number of hydrogen-bond donors (Lipinski definition) is 2. The average molecular weight is 599 g/mol. The molecule has 9 heteroatoms. The van der Waals surface area contributed by atoms with E-state index in [9.17, 15) is 9.59 Å². The van der Waals surface area contributed by atoms with E-state index in [2.05, 4.69) is 20.7 Å². The first-order valence-electron chi connectivity index (χ1n) is 16.9. The molecule has 8 rings (SSSR count). The summed E-state index contributed by atoms with van der Waals surface area (Å²) in [4.78, 5) is 30.2. The van der Waals surface area contributed by atoms with E-state index in [0.717, 1.165) is 75.0 Å². The lowest BCUT2D eigenvalue weighted by atomic mass is 9.54. The van der Waals surface area contributed by atoms with Crippen molar-refractivity contribution in [3.05, 3.63) is 5.76 Å². The maximum absolute atomic E-state index is 13.8. The molecule has 8 nitrogen and oxygen atoms in total. The molecule has 2 N–H and O–H groups in total. The summed E-state index contributed by atoms with van der Waals surface area (Å²) in [5.74, 6) is 3.58. The van der Waals surface area contributed by atoms with Gasteiger partial charge in [0.25, 0.3) is 11.8 Å². The highest BCUT2D eigenvalue weighted by Gasteiger charge is 2.49. The minimum atomic E-state index is -0.701. The van der Waals surface area contributed by atoms with Crippen LogP contribution in [0.15, 0.2) is 9.42 Å². The second-order valence-corrected chi connectivity index (χ2v) is 16.7. The fourth-order valence-electron chi connectivity index (χ4n) is 9.55. The van der Waals surface area contributed by atoms with Crippen molar-refractivity contribution >= 4 is 23.6 Å². The van der Waals surface area contributed by atoms with Gasteiger partial charge in [0.2, 0.25) is 11.7 Å². The number of rotatable bonds is 8. The zero-order valence-electron chi connectivity index (χ0n) is 25.6. The summed E-state index contributed by atoms with van der Waals surface area (Å²) in [6.07, 6.45) is 15.7. The van der Waals surface area contributed by atoms with Crippen molar-refractivity contribution in [3.8, 4) is 5.88 Å². The molecule has 2 amide bonds. The Morgan fingerprint density at radius 2 is 1.74 bits per heavy atom. The van der Waals surface area contributed by atoms with Crippen molar-refractivity contribution in [2.45, 2.75) is 114 Å². The van der Waals surface area contributed by atoms with Crippen molar-refractivity contribution in [3.63, 3.8) is 0 Å². The lowest BCUT2D eigenvalue weighted by Crippen LogP contribution is -2.55. The van der Waals surface area contributed by atoms with E-state index in [-0.39, 0.29) is 29.9 Å². The van der Waals surface area contributed by atoms with Crippen molar-refractivity contribution in [1.29, 1.82) is 0 Å². The Morgan fingerprint density at radius 1 is 1.05 bits per heavy atom. The molecule has 7 aliphatic rings. The van der Waals surface area contributed by atoms with Crippen molar-refractivity contribution < 1.29 is 18.8 Å². The van der Waals surface area contributed by atoms with Gasteiger partial charge in [0.1, 0.15) is 11.5 Å². The SMILES string of the molecule is CC(C)(COc1noc(C(=O)NC2C3CC4CC(C3)CC2C4)c1SC1CCCCC1)C(=O)N1CCC2(CCNCC2)C1. The molecule has 1 aromatic rings. The predicted octanol–water partition coefficient (Wildman–Crippen LogP) is 5.66. The normalized spacial score (nSPS) is 32.4. The lowest BCUT2D eigenvalue weighted by molar-refractivity contribution is -0.141. The maximum atomic E-state index is 13.8. The largest absolute Gasteiger partial charge is 0.474 e. The van der Waals surface area contributed by atoms with Gasteiger partial charge in [-0.3, -0.25) is 9.59 Å². The van der Waals surface area contributed by atoms with Gasteiger partial charge in [0.15, 0.2) is 0 Å². The third-order valence-electron chi connectivity index (χ3n) is 11.7. The fraction of sp³-hybridized carbons (Fsp3) is 0.848. The van der Waals surface area contributed by atoms with Crippen molar-refractivity contribution in [2.24, 2.45) is 34.5 Å². The van der Waals surface area contributed by atoms with Gasteiger partial charge in [-0.2, -0.15) is 0 Å². The Balaban J connectivity index is 1.04. The number of thioether (sulfide) groups is 1. The number of nitrogens with one attached hydrogen (secondary N) is 2. The highest BCUT2D eigenvalue weighted by Crippen LogP contribution is 2.54. The predicted molar refractivity (Wildman–Crippen MR) is 163 cm³/mol. The first-order chi connectivity index (χ1) is 20.3. The second kappa shape index (κ2) is 11.6. The highest BCUT2D eigenvalue weighted by atomic mass is 32.2. The number of nitrogens with zero attached hydrogens (tertiary/aromatic N) is 2. The fourth-order valence-corrected chi connectivity index (χ4v) is 10.9. The maximum Gasteiger partial charge on any atom is 0.291 e. The molecule has 5 saturated carbocycles. The van der Waals surface area contributed by atoms with Gasteiger partial charge in [0, 0.05) is 24.4 Å². The van der Waals surface area contributed by atoms with Gasteiger partial charge in [-0.1, -0.05) is 19.3 Å². The van der Waals surface area contributed by atoms with Gasteiger partial charge < -0.3 is 24.8 Å². The molecular weight excluding hydrogens is 548 g/mol. The molecule has 1 spiro atoms. The number of carbonyl (C=O) groups is 2. The molecule has 0 radical (unpaired) electrons. The van der Waals surface area contributed by atoms with Gasteiger partial charge in [0.05, 0.1) is 5.41 Å². The molecule has 232 valence electrons. The molecule has 4 bridgehead atoms. The summed E-state index contributed by atoms with van der Waals surface area (Å²) in [5.41, 5.74) is -0.430. The number of ether oxygens (including phenoxy) is 1. The van der Waals surface area contributed by atoms with E-state index in [0.29, 0.717) is 28.7 Å². The van der Waals surface area contributed by atoms with Crippen LogP contribution < -0.4 is 15.4 Å². The zero-order chi connectivity index (χ0) is 28.9. The van der Waals surface area contributed by atoms with E-state index in [1.165, 1.54) is 51.4 Å². The quantitative estimate of drug-likeness (QED) is 0.399. The smallest absolute Gasteiger partial charge is 0.291 e. The summed E-state index contributed by atoms with van der Waals surface area (Å²) in [6, 6.07) is 0.243. The molecule has 2 saturated heterocycles. The monoisotopic (exact) mass is 598 g/mol. The Bertz CT molecular complexity index is 1130. The highest BCUT2D eigenvalue weighted by molar-refractivity contribution is 8.00.